The van der Waals surface area contributed by atoms with Crippen LogP contribution in [-0.4, -0.2) is 28.2 Å². The molecule has 0 fully saturated rings. The Labute approximate surface area is 225 Å². The molecule has 38 heavy (non-hydrogen) atoms. The Kier molecular flexibility index (Phi) is 9.02. The third kappa shape index (κ3) is 7.66. The van der Waals surface area contributed by atoms with Crippen molar-refractivity contribution in [3.05, 3.63) is 58.1 Å². The lowest BCUT2D eigenvalue weighted by Crippen LogP contribution is -2.49. The van der Waals surface area contributed by atoms with E-state index in [4.69, 9.17) is 0 Å². The number of carbonyl (C=O) groups is 2. The van der Waals surface area contributed by atoms with E-state index < -0.39 is 53.1 Å². The second-order valence-electron chi connectivity index (χ2n) is 8.16. The zero-order valence-corrected chi connectivity index (χ0v) is 22.1. The Hall–Kier alpha value is -3.20. The van der Waals surface area contributed by atoms with Gasteiger partial charge in [0.05, 0.1) is 11.1 Å². The normalized spacial score (nSPS) is 13.5. The second kappa shape index (κ2) is 11.7. The monoisotopic (exact) mass is 623 g/mol. The topological polar surface area (TPSA) is 96.0 Å². The fraction of sp³-hybridized carbons (Fsp3) is 0.304. The number of anilines is 2. The molecule has 0 unspecified atom stereocenters. The summed E-state index contributed by atoms with van der Waals surface area (Å²) in [7, 11) is 0. The third-order valence-electron chi connectivity index (χ3n) is 5.37. The number of aromatic nitrogens is 2. The number of carbonyl (C=O) groups excluding carboxylic acids is 2. The summed E-state index contributed by atoms with van der Waals surface area (Å²) in [6, 6.07) is 5.54. The highest BCUT2D eigenvalue weighted by molar-refractivity contribution is 9.10. The van der Waals surface area contributed by atoms with E-state index >= 15 is 0 Å². The van der Waals surface area contributed by atoms with Gasteiger partial charge in [-0.05, 0) is 36.2 Å². The van der Waals surface area contributed by atoms with Crippen LogP contribution in [0.1, 0.15) is 31.4 Å². The van der Waals surface area contributed by atoms with Gasteiger partial charge in [-0.1, -0.05) is 59.7 Å². The maximum atomic E-state index is 13.1. The first kappa shape index (κ1) is 29.4. The quantitative estimate of drug-likeness (QED) is 0.243. The van der Waals surface area contributed by atoms with E-state index in [0.717, 1.165) is 21.4 Å². The Morgan fingerprint density at radius 1 is 0.947 bits per heavy atom. The Balaban J connectivity index is 1.76. The largest absolute Gasteiger partial charge is 0.416 e. The van der Waals surface area contributed by atoms with E-state index in [0.29, 0.717) is 23.6 Å². The molecule has 0 saturated carbocycles. The number of halogens is 7. The summed E-state index contributed by atoms with van der Waals surface area (Å²) in [4.78, 5) is 25.5. The summed E-state index contributed by atoms with van der Waals surface area (Å²) in [6.45, 7) is 3.38. The predicted molar refractivity (Wildman–Crippen MR) is 134 cm³/mol. The van der Waals surface area contributed by atoms with E-state index in [-0.39, 0.29) is 11.2 Å². The van der Waals surface area contributed by atoms with Crippen LogP contribution < -0.4 is 16.0 Å². The summed E-state index contributed by atoms with van der Waals surface area (Å²) in [5.74, 6) is -1.14. The molecule has 3 rings (SSSR count). The molecule has 1 heterocycles. The van der Waals surface area contributed by atoms with Crippen molar-refractivity contribution >= 4 is 50.0 Å². The molecule has 7 nitrogen and oxygen atoms in total. The van der Waals surface area contributed by atoms with Gasteiger partial charge in [0.25, 0.3) is 0 Å². The van der Waals surface area contributed by atoms with Gasteiger partial charge >= 0.3 is 18.4 Å². The maximum Gasteiger partial charge on any atom is 0.416 e. The molecule has 0 aliphatic rings. The first-order valence-corrected chi connectivity index (χ1v) is 12.6. The van der Waals surface area contributed by atoms with E-state index in [9.17, 15) is 35.9 Å². The fourth-order valence-corrected chi connectivity index (χ4v) is 4.22. The van der Waals surface area contributed by atoms with Gasteiger partial charge in [-0.15, -0.1) is 10.2 Å². The SMILES string of the molecule is CC[C@@H](C)[C@@H](NC(=O)Nc1cc(C(F)(F)F)cc(C(F)(F)F)c1)C(=O)Nc1nnc(-c2ccc(Br)cc2)s1. The van der Waals surface area contributed by atoms with Gasteiger partial charge in [0.15, 0.2) is 0 Å². The number of alkyl halides is 6. The molecule has 3 amide bonds. The number of rotatable bonds is 7. The lowest BCUT2D eigenvalue weighted by Gasteiger charge is -2.23. The molecule has 0 saturated heterocycles. The van der Waals surface area contributed by atoms with Crippen molar-refractivity contribution in [3.8, 4) is 10.6 Å². The van der Waals surface area contributed by atoms with Gasteiger partial charge in [0.1, 0.15) is 11.0 Å². The average Bonchev–Trinajstić information content (AvgIpc) is 3.29. The highest BCUT2D eigenvalue weighted by atomic mass is 79.9. The van der Waals surface area contributed by atoms with Crippen molar-refractivity contribution < 1.29 is 35.9 Å². The van der Waals surface area contributed by atoms with Crippen molar-refractivity contribution in [2.75, 3.05) is 10.6 Å². The van der Waals surface area contributed by atoms with Crippen molar-refractivity contribution in [1.82, 2.24) is 15.5 Å². The minimum Gasteiger partial charge on any atom is -0.326 e. The highest BCUT2D eigenvalue weighted by Crippen LogP contribution is 2.37. The highest BCUT2D eigenvalue weighted by Gasteiger charge is 2.37. The van der Waals surface area contributed by atoms with Crippen molar-refractivity contribution in [3.63, 3.8) is 0 Å². The molecular weight excluding hydrogens is 604 g/mol. The summed E-state index contributed by atoms with van der Waals surface area (Å²) < 4.78 is 79.6. The molecule has 2 aromatic carbocycles. The molecule has 204 valence electrons. The van der Waals surface area contributed by atoms with Crippen molar-refractivity contribution in [1.29, 1.82) is 0 Å². The molecule has 0 spiro atoms. The van der Waals surface area contributed by atoms with Gasteiger partial charge in [-0.3, -0.25) is 10.1 Å². The fourth-order valence-electron chi connectivity index (χ4n) is 3.20. The van der Waals surface area contributed by atoms with Crippen LogP contribution in [0, 0.1) is 5.92 Å². The molecule has 3 aromatic rings. The zero-order chi connectivity index (χ0) is 28.3. The number of benzene rings is 2. The van der Waals surface area contributed by atoms with Gasteiger partial charge in [0.2, 0.25) is 11.0 Å². The van der Waals surface area contributed by atoms with Crippen LogP contribution in [0.3, 0.4) is 0 Å². The Morgan fingerprint density at radius 2 is 1.53 bits per heavy atom. The van der Waals surface area contributed by atoms with Gasteiger partial charge in [-0.2, -0.15) is 26.3 Å². The van der Waals surface area contributed by atoms with Crippen molar-refractivity contribution in [2.24, 2.45) is 5.92 Å². The third-order valence-corrected chi connectivity index (χ3v) is 6.79. The van der Waals surface area contributed by atoms with Crippen LogP contribution in [0.5, 0.6) is 0 Å². The van der Waals surface area contributed by atoms with E-state index in [1.54, 1.807) is 38.1 Å². The van der Waals surface area contributed by atoms with Crippen LogP contribution in [0.25, 0.3) is 10.6 Å². The van der Waals surface area contributed by atoms with Gasteiger partial charge in [0, 0.05) is 15.7 Å². The maximum absolute atomic E-state index is 13.1. The first-order valence-electron chi connectivity index (χ1n) is 10.9. The molecule has 3 N–H and O–H groups in total. The lowest BCUT2D eigenvalue weighted by molar-refractivity contribution is -0.143. The number of urea groups is 1. The molecule has 0 aliphatic heterocycles. The lowest BCUT2D eigenvalue weighted by atomic mass is 9.98. The second-order valence-corrected chi connectivity index (χ2v) is 10.1. The number of hydrogen-bond donors (Lipinski definition) is 3. The number of amides is 3. The van der Waals surface area contributed by atoms with E-state index in [1.165, 1.54) is 0 Å². The molecule has 0 aliphatic carbocycles. The van der Waals surface area contributed by atoms with Crippen LogP contribution in [0.15, 0.2) is 46.9 Å². The predicted octanol–water partition coefficient (Wildman–Crippen LogP) is 7.18. The smallest absolute Gasteiger partial charge is 0.326 e. The molecule has 1 aromatic heterocycles. The first-order chi connectivity index (χ1) is 17.7. The number of hydrogen-bond acceptors (Lipinski definition) is 5. The van der Waals surface area contributed by atoms with E-state index in [2.05, 4.69) is 36.8 Å². The average molecular weight is 624 g/mol. The van der Waals surface area contributed by atoms with Crippen molar-refractivity contribution in [2.45, 2.75) is 38.7 Å². The molecule has 15 heteroatoms. The van der Waals surface area contributed by atoms with Crippen LogP contribution in [-0.2, 0) is 17.1 Å². The zero-order valence-electron chi connectivity index (χ0n) is 19.7. The van der Waals surface area contributed by atoms with Crippen LogP contribution >= 0.6 is 27.3 Å². The standard InChI is InChI=1S/C23H20BrF6N5O2S/c1-3-11(2)17(18(36)33-21-35-34-19(38-21)12-4-6-15(24)7-5-12)32-20(37)31-16-9-13(22(25,26)27)8-14(10-16)23(28,29)30/h4-11,17H,3H2,1-2H3,(H2,31,32,37)(H,33,35,36)/t11-,17-/m1/s1. The molecule has 0 bridgehead atoms. The Morgan fingerprint density at radius 3 is 2.05 bits per heavy atom. The minimum absolute atomic E-state index is 0.0525. The minimum atomic E-state index is -5.08. The van der Waals surface area contributed by atoms with Gasteiger partial charge < -0.3 is 10.6 Å². The summed E-state index contributed by atoms with van der Waals surface area (Å²) >= 11 is 4.40. The summed E-state index contributed by atoms with van der Waals surface area (Å²) in [6.07, 6.45) is -9.74. The summed E-state index contributed by atoms with van der Waals surface area (Å²) in [5, 5.41) is 15.4. The Bertz CT molecular complexity index is 1260. The van der Waals surface area contributed by atoms with Gasteiger partial charge in [-0.25, -0.2) is 4.79 Å². The molecule has 2 atom stereocenters. The number of nitrogens with zero attached hydrogens (tertiary/aromatic N) is 2. The molecular formula is C23H20BrF6N5O2S. The van der Waals surface area contributed by atoms with E-state index in [1.807, 2.05) is 5.32 Å². The van der Waals surface area contributed by atoms with Crippen LogP contribution in [0.4, 0.5) is 42.0 Å². The van der Waals surface area contributed by atoms with Crippen LogP contribution in [0.2, 0.25) is 0 Å². The number of nitrogens with one attached hydrogen (secondary N) is 3. The molecule has 0 radical (unpaired) electrons. The summed E-state index contributed by atoms with van der Waals surface area (Å²) in [5.41, 5.74) is -3.16.